The molecule has 0 saturated carbocycles. The number of carboxylic acids is 1. The van der Waals surface area contributed by atoms with Crippen molar-refractivity contribution >= 4 is 23.6 Å². The Morgan fingerprint density at radius 3 is 2.45 bits per heavy atom. The standard InChI is InChI=1S/C24H20N4O5/c1-32-20-9-8-16(13-21(20)33-2)19-10-11-25-22-14-17(27-28(19)22)23(29)26-18(24(30)31)12-15-6-4-3-5-7-15/h3-14H,1-2H3,(H,26,29)(H,30,31). The van der Waals surface area contributed by atoms with E-state index in [1.807, 2.05) is 12.1 Å². The summed E-state index contributed by atoms with van der Waals surface area (Å²) >= 11 is 0. The number of methoxy groups -OCH3 is 2. The minimum Gasteiger partial charge on any atom is -0.493 e. The maximum atomic E-state index is 12.8. The first-order valence-corrected chi connectivity index (χ1v) is 9.88. The molecule has 2 aromatic heterocycles. The zero-order valence-corrected chi connectivity index (χ0v) is 17.9. The van der Waals surface area contributed by atoms with Crippen LogP contribution in [0.15, 0.2) is 72.6 Å². The van der Waals surface area contributed by atoms with Gasteiger partial charge in [0.05, 0.1) is 19.9 Å². The number of aromatic nitrogens is 3. The molecule has 9 heteroatoms. The number of carbonyl (C=O) groups excluding carboxylic acids is 1. The molecular formula is C24H20N4O5. The van der Waals surface area contributed by atoms with Gasteiger partial charge in [-0.25, -0.2) is 14.3 Å². The number of fused-ring (bicyclic) bond motifs is 1. The highest BCUT2D eigenvalue weighted by atomic mass is 16.5. The lowest BCUT2D eigenvalue weighted by molar-refractivity contribution is -0.132. The molecule has 0 saturated heterocycles. The number of amides is 1. The van der Waals surface area contributed by atoms with E-state index < -0.39 is 11.9 Å². The molecule has 1 amide bonds. The van der Waals surface area contributed by atoms with E-state index in [4.69, 9.17) is 9.47 Å². The third-order valence-electron chi connectivity index (χ3n) is 4.86. The van der Waals surface area contributed by atoms with Crippen LogP contribution in [0.3, 0.4) is 0 Å². The normalized spacial score (nSPS) is 11.3. The van der Waals surface area contributed by atoms with Crippen LogP contribution in [0.2, 0.25) is 0 Å². The van der Waals surface area contributed by atoms with Gasteiger partial charge in [0.15, 0.2) is 22.8 Å². The first-order chi connectivity index (χ1) is 16.0. The molecule has 33 heavy (non-hydrogen) atoms. The number of hydrogen-bond donors (Lipinski definition) is 2. The van der Waals surface area contributed by atoms with E-state index in [9.17, 15) is 14.7 Å². The second-order valence-electron chi connectivity index (χ2n) is 6.93. The first kappa shape index (κ1) is 21.6. The van der Waals surface area contributed by atoms with E-state index in [1.165, 1.54) is 16.7 Å². The van der Waals surface area contributed by atoms with Gasteiger partial charge in [0.25, 0.3) is 5.91 Å². The minimum absolute atomic E-state index is 0.0237. The van der Waals surface area contributed by atoms with Crippen LogP contribution in [0.5, 0.6) is 11.5 Å². The Kier molecular flexibility index (Phi) is 6.03. The van der Waals surface area contributed by atoms with Crippen LogP contribution >= 0.6 is 0 Å². The molecule has 2 aromatic carbocycles. The van der Waals surface area contributed by atoms with Crippen LogP contribution in [-0.4, -0.2) is 45.8 Å². The Morgan fingerprint density at radius 1 is 1.00 bits per heavy atom. The van der Waals surface area contributed by atoms with Crippen molar-refractivity contribution in [2.75, 3.05) is 14.2 Å². The molecule has 0 aliphatic heterocycles. The van der Waals surface area contributed by atoms with Crippen molar-refractivity contribution in [2.24, 2.45) is 0 Å². The van der Waals surface area contributed by atoms with Gasteiger partial charge in [-0.1, -0.05) is 30.3 Å². The largest absolute Gasteiger partial charge is 0.493 e. The van der Waals surface area contributed by atoms with Crippen molar-refractivity contribution in [3.8, 4) is 22.8 Å². The SMILES string of the molecule is COc1ccc(-c2ccnc3cc(C(=O)NC(=Cc4ccccc4)C(=O)O)nn23)cc1OC. The molecule has 0 bridgehead atoms. The molecule has 2 heterocycles. The molecule has 166 valence electrons. The number of nitrogens with zero attached hydrogens (tertiary/aromatic N) is 3. The van der Waals surface area contributed by atoms with Gasteiger partial charge in [0, 0.05) is 17.8 Å². The molecule has 0 aliphatic carbocycles. The number of benzene rings is 2. The molecule has 4 rings (SSSR count). The van der Waals surface area contributed by atoms with E-state index in [2.05, 4.69) is 15.4 Å². The smallest absolute Gasteiger partial charge is 0.352 e. The van der Waals surface area contributed by atoms with Crippen LogP contribution < -0.4 is 14.8 Å². The monoisotopic (exact) mass is 444 g/mol. The number of aliphatic carboxylic acids is 1. The lowest BCUT2D eigenvalue weighted by Crippen LogP contribution is -2.27. The number of hydrogen-bond acceptors (Lipinski definition) is 6. The molecule has 4 aromatic rings. The van der Waals surface area contributed by atoms with E-state index in [-0.39, 0.29) is 11.4 Å². The molecule has 9 nitrogen and oxygen atoms in total. The van der Waals surface area contributed by atoms with E-state index in [0.717, 1.165) is 5.56 Å². The fourth-order valence-electron chi connectivity index (χ4n) is 3.27. The average molecular weight is 444 g/mol. The number of rotatable bonds is 7. The Labute approximate surface area is 188 Å². The van der Waals surface area contributed by atoms with Crippen LogP contribution in [0.1, 0.15) is 16.1 Å². The van der Waals surface area contributed by atoms with Crippen LogP contribution in [0.25, 0.3) is 23.0 Å². The van der Waals surface area contributed by atoms with Gasteiger partial charge >= 0.3 is 5.97 Å². The molecule has 0 radical (unpaired) electrons. The van der Waals surface area contributed by atoms with Gasteiger partial charge in [0.2, 0.25) is 0 Å². The second-order valence-corrected chi connectivity index (χ2v) is 6.93. The fourth-order valence-corrected chi connectivity index (χ4v) is 3.27. The van der Waals surface area contributed by atoms with Crippen molar-refractivity contribution in [1.82, 2.24) is 19.9 Å². The van der Waals surface area contributed by atoms with E-state index in [0.29, 0.717) is 28.4 Å². The molecule has 2 N–H and O–H groups in total. The highest BCUT2D eigenvalue weighted by molar-refractivity contribution is 6.02. The van der Waals surface area contributed by atoms with E-state index >= 15 is 0 Å². The first-order valence-electron chi connectivity index (χ1n) is 9.88. The number of carboxylic acid groups (broad SMARTS) is 1. The number of ether oxygens (including phenoxy) is 2. The maximum Gasteiger partial charge on any atom is 0.352 e. The number of carbonyl (C=O) groups is 2. The fraction of sp³-hybridized carbons (Fsp3) is 0.0833. The molecule has 0 atom stereocenters. The highest BCUT2D eigenvalue weighted by Gasteiger charge is 2.18. The quantitative estimate of drug-likeness (QED) is 0.421. The predicted molar refractivity (Wildman–Crippen MR) is 121 cm³/mol. The predicted octanol–water partition coefficient (Wildman–Crippen LogP) is 3.27. The summed E-state index contributed by atoms with van der Waals surface area (Å²) in [7, 11) is 3.10. The summed E-state index contributed by atoms with van der Waals surface area (Å²) in [6.45, 7) is 0. The summed E-state index contributed by atoms with van der Waals surface area (Å²) in [5.41, 5.74) is 2.26. The maximum absolute atomic E-state index is 12.8. The summed E-state index contributed by atoms with van der Waals surface area (Å²) in [6, 6.07) is 17.5. The van der Waals surface area contributed by atoms with E-state index in [1.54, 1.807) is 62.9 Å². The van der Waals surface area contributed by atoms with Gasteiger partial charge in [0.1, 0.15) is 5.70 Å². The highest BCUT2D eigenvalue weighted by Crippen LogP contribution is 2.32. The topological polar surface area (TPSA) is 115 Å². The summed E-state index contributed by atoms with van der Waals surface area (Å²) in [5, 5.41) is 16.3. The second kappa shape index (κ2) is 9.23. The molecular weight excluding hydrogens is 424 g/mol. The summed E-state index contributed by atoms with van der Waals surface area (Å²) in [6.07, 6.45) is 2.98. The zero-order chi connectivity index (χ0) is 23.4. The molecule has 0 spiro atoms. The van der Waals surface area contributed by atoms with Crippen LogP contribution in [0, 0.1) is 0 Å². The molecule has 0 fully saturated rings. The molecule has 0 unspecified atom stereocenters. The lowest BCUT2D eigenvalue weighted by Gasteiger charge is -2.10. The number of nitrogens with one attached hydrogen (secondary N) is 1. The van der Waals surface area contributed by atoms with Gasteiger partial charge in [-0.15, -0.1) is 0 Å². The average Bonchev–Trinajstić information content (AvgIpc) is 3.28. The Bertz CT molecular complexity index is 1360. The Hall–Kier alpha value is -4.66. The van der Waals surface area contributed by atoms with Gasteiger partial charge in [-0.05, 0) is 35.9 Å². The van der Waals surface area contributed by atoms with Crippen molar-refractivity contribution in [3.63, 3.8) is 0 Å². The minimum atomic E-state index is -1.26. The van der Waals surface area contributed by atoms with Gasteiger partial charge in [-0.2, -0.15) is 5.10 Å². The van der Waals surface area contributed by atoms with Crippen molar-refractivity contribution in [3.05, 3.63) is 83.8 Å². The summed E-state index contributed by atoms with van der Waals surface area (Å²) < 4.78 is 12.2. The Balaban J connectivity index is 1.68. The third kappa shape index (κ3) is 4.52. The molecule has 0 aliphatic rings. The Morgan fingerprint density at radius 2 is 1.76 bits per heavy atom. The lowest BCUT2D eigenvalue weighted by atomic mass is 10.1. The van der Waals surface area contributed by atoms with Crippen LogP contribution in [-0.2, 0) is 4.79 Å². The summed E-state index contributed by atoms with van der Waals surface area (Å²) in [4.78, 5) is 28.7. The summed E-state index contributed by atoms with van der Waals surface area (Å²) in [5.74, 6) is -0.802. The third-order valence-corrected chi connectivity index (χ3v) is 4.86. The van der Waals surface area contributed by atoms with Crippen molar-refractivity contribution in [1.29, 1.82) is 0 Å². The van der Waals surface area contributed by atoms with Crippen molar-refractivity contribution in [2.45, 2.75) is 0 Å². The van der Waals surface area contributed by atoms with Gasteiger partial charge in [-0.3, -0.25) is 4.79 Å². The zero-order valence-electron chi connectivity index (χ0n) is 17.9. The van der Waals surface area contributed by atoms with Crippen LogP contribution in [0.4, 0.5) is 0 Å². The van der Waals surface area contributed by atoms with Crippen molar-refractivity contribution < 1.29 is 24.2 Å². The van der Waals surface area contributed by atoms with Gasteiger partial charge < -0.3 is 19.9 Å².